The topological polar surface area (TPSA) is 42.7 Å². The molecule has 2 aromatic heterocycles. The third-order valence-electron chi connectivity index (χ3n) is 5.68. The van der Waals surface area contributed by atoms with Crippen molar-refractivity contribution >= 4 is 33.9 Å². The molecule has 1 amide bonds. The SMILES string of the molecule is COc1ccc(-c2ccc(CN(C(=O)c3cc4ccccc4o3)c3ccccc3F)s2)cc1C. The lowest BCUT2D eigenvalue weighted by molar-refractivity contribution is 0.0960. The average molecular weight is 472 g/mol. The van der Waals surface area contributed by atoms with Crippen LogP contribution in [0.3, 0.4) is 0 Å². The molecule has 2 heterocycles. The number of carbonyl (C=O) groups is 1. The molecular formula is C28H22FNO3S. The summed E-state index contributed by atoms with van der Waals surface area (Å²) >= 11 is 1.57. The zero-order valence-electron chi connectivity index (χ0n) is 18.7. The van der Waals surface area contributed by atoms with Gasteiger partial charge in [-0.05, 0) is 72.6 Å². The van der Waals surface area contributed by atoms with Gasteiger partial charge in [0.1, 0.15) is 17.1 Å². The molecule has 0 fully saturated rings. The smallest absolute Gasteiger partial charge is 0.294 e. The number of hydrogen-bond donors (Lipinski definition) is 0. The minimum atomic E-state index is -0.463. The van der Waals surface area contributed by atoms with E-state index in [1.165, 1.54) is 11.0 Å². The fourth-order valence-electron chi connectivity index (χ4n) is 3.96. The highest BCUT2D eigenvalue weighted by molar-refractivity contribution is 7.15. The molecule has 0 spiro atoms. The molecule has 0 N–H and O–H groups in total. The van der Waals surface area contributed by atoms with E-state index in [4.69, 9.17) is 9.15 Å². The maximum atomic E-state index is 14.8. The van der Waals surface area contributed by atoms with Crippen molar-refractivity contribution in [1.82, 2.24) is 0 Å². The van der Waals surface area contributed by atoms with Crippen LogP contribution < -0.4 is 9.64 Å². The number of furan rings is 1. The summed E-state index contributed by atoms with van der Waals surface area (Å²) in [5, 5.41) is 0.826. The summed E-state index contributed by atoms with van der Waals surface area (Å²) in [5.41, 5.74) is 2.94. The molecule has 3 aromatic carbocycles. The van der Waals surface area contributed by atoms with E-state index in [9.17, 15) is 9.18 Å². The van der Waals surface area contributed by atoms with Gasteiger partial charge >= 0.3 is 0 Å². The van der Waals surface area contributed by atoms with Crippen molar-refractivity contribution in [3.63, 3.8) is 0 Å². The molecule has 34 heavy (non-hydrogen) atoms. The number of methoxy groups -OCH3 is 1. The number of carbonyl (C=O) groups excluding carboxylic acids is 1. The second-order valence-corrected chi connectivity index (χ2v) is 9.11. The van der Waals surface area contributed by atoms with Crippen molar-refractivity contribution in [2.45, 2.75) is 13.5 Å². The predicted molar refractivity (Wildman–Crippen MR) is 134 cm³/mol. The quantitative estimate of drug-likeness (QED) is 0.258. The van der Waals surface area contributed by atoms with Gasteiger partial charge in [0.25, 0.3) is 5.91 Å². The number of thiophene rings is 1. The van der Waals surface area contributed by atoms with Crippen LogP contribution in [-0.2, 0) is 6.54 Å². The van der Waals surface area contributed by atoms with Crippen LogP contribution in [0.15, 0.2) is 89.3 Å². The summed E-state index contributed by atoms with van der Waals surface area (Å²) in [6, 6.07) is 25.4. The van der Waals surface area contributed by atoms with Crippen LogP contribution >= 0.6 is 11.3 Å². The fraction of sp³-hybridized carbons (Fsp3) is 0.107. The molecule has 0 aliphatic heterocycles. The average Bonchev–Trinajstić information content (AvgIpc) is 3.50. The molecule has 0 saturated carbocycles. The molecule has 0 aliphatic rings. The van der Waals surface area contributed by atoms with Gasteiger partial charge in [0.05, 0.1) is 19.3 Å². The molecule has 5 aromatic rings. The van der Waals surface area contributed by atoms with Crippen LogP contribution in [-0.4, -0.2) is 13.0 Å². The first-order valence-corrected chi connectivity index (χ1v) is 11.6. The highest BCUT2D eigenvalue weighted by Gasteiger charge is 2.24. The zero-order chi connectivity index (χ0) is 23.7. The first-order chi connectivity index (χ1) is 16.5. The second kappa shape index (κ2) is 9.15. The van der Waals surface area contributed by atoms with E-state index in [-0.39, 0.29) is 18.0 Å². The Morgan fingerprint density at radius 3 is 2.56 bits per heavy atom. The lowest BCUT2D eigenvalue weighted by atomic mass is 10.1. The van der Waals surface area contributed by atoms with Crippen LogP contribution in [0, 0.1) is 12.7 Å². The van der Waals surface area contributed by atoms with E-state index in [0.29, 0.717) is 5.58 Å². The Bertz CT molecular complexity index is 1450. The Morgan fingerprint density at radius 1 is 1.00 bits per heavy atom. The van der Waals surface area contributed by atoms with E-state index in [1.54, 1.807) is 42.7 Å². The molecular weight excluding hydrogens is 449 g/mol. The minimum Gasteiger partial charge on any atom is -0.496 e. The van der Waals surface area contributed by atoms with Gasteiger partial charge in [-0.15, -0.1) is 11.3 Å². The molecule has 0 unspecified atom stereocenters. The molecule has 0 atom stereocenters. The van der Waals surface area contributed by atoms with E-state index in [0.717, 1.165) is 32.0 Å². The van der Waals surface area contributed by atoms with E-state index in [2.05, 4.69) is 6.07 Å². The number of amides is 1. The number of halogens is 1. The third kappa shape index (κ3) is 4.20. The number of para-hydroxylation sites is 2. The predicted octanol–water partition coefficient (Wildman–Crippen LogP) is 7.46. The maximum Gasteiger partial charge on any atom is 0.294 e. The highest BCUT2D eigenvalue weighted by atomic mass is 32.1. The van der Waals surface area contributed by atoms with E-state index in [1.807, 2.05) is 55.5 Å². The molecule has 0 saturated heterocycles. The monoisotopic (exact) mass is 471 g/mol. The molecule has 0 radical (unpaired) electrons. The van der Waals surface area contributed by atoms with Gasteiger partial charge in [0.2, 0.25) is 0 Å². The summed E-state index contributed by atoms with van der Waals surface area (Å²) in [6.45, 7) is 2.22. The first-order valence-electron chi connectivity index (χ1n) is 10.8. The number of benzene rings is 3. The normalized spacial score (nSPS) is 11.0. The zero-order valence-corrected chi connectivity index (χ0v) is 19.6. The maximum absolute atomic E-state index is 14.8. The summed E-state index contributed by atoms with van der Waals surface area (Å²) in [4.78, 5) is 16.9. The standard InChI is InChI=1S/C28H22FNO3S/c1-18-15-20(11-13-24(18)32-2)27-14-12-21(34-27)17-30(23-9-5-4-8-22(23)29)28(31)26-16-19-7-3-6-10-25(19)33-26/h3-16H,17H2,1-2H3. The number of fused-ring (bicyclic) bond motifs is 1. The van der Waals surface area contributed by atoms with Crippen LogP contribution in [0.25, 0.3) is 21.4 Å². The summed E-state index contributed by atoms with van der Waals surface area (Å²) in [6.07, 6.45) is 0. The van der Waals surface area contributed by atoms with E-state index >= 15 is 0 Å². The van der Waals surface area contributed by atoms with Gasteiger partial charge in [-0.1, -0.05) is 30.3 Å². The molecule has 170 valence electrons. The van der Waals surface area contributed by atoms with Gasteiger partial charge in [0.15, 0.2) is 5.76 Å². The number of aryl methyl sites for hydroxylation is 1. The second-order valence-electron chi connectivity index (χ2n) is 7.94. The van der Waals surface area contributed by atoms with Gasteiger partial charge in [0, 0.05) is 15.1 Å². The molecule has 0 bridgehead atoms. The third-order valence-corrected chi connectivity index (χ3v) is 6.80. The van der Waals surface area contributed by atoms with Crippen molar-refractivity contribution in [3.05, 3.63) is 107 Å². The van der Waals surface area contributed by atoms with Crippen molar-refractivity contribution in [1.29, 1.82) is 0 Å². The first kappa shape index (κ1) is 21.9. The lowest BCUT2D eigenvalue weighted by Crippen LogP contribution is -2.30. The van der Waals surface area contributed by atoms with Crippen molar-refractivity contribution in [2.75, 3.05) is 12.0 Å². The van der Waals surface area contributed by atoms with Crippen LogP contribution in [0.2, 0.25) is 0 Å². The fourth-order valence-corrected chi connectivity index (χ4v) is 4.96. The highest BCUT2D eigenvalue weighted by Crippen LogP contribution is 2.33. The van der Waals surface area contributed by atoms with Crippen LogP contribution in [0.4, 0.5) is 10.1 Å². The number of ether oxygens (including phenoxy) is 1. The number of rotatable bonds is 6. The van der Waals surface area contributed by atoms with Gasteiger partial charge in [-0.3, -0.25) is 9.69 Å². The van der Waals surface area contributed by atoms with Crippen molar-refractivity contribution in [2.24, 2.45) is 0 Å². The van der Waals surface area contributed by atoms with E-state index < -0.39 is 11.7 Å². The van der Waals surface area contributed by atoms with Gasteiger partial charge < -0.3 is 9.15 Å². The van der Waals surface area contributed by atoms with Crippen LogP contribution in [0.5, 0.6) is 5.75 Å². The number of nitrogens with zero attached hydrogens (tertiary/aromatic N) is 1. The Morgan fingerprint density at radius 2 is 1.79 bits per heavy atom. The Hall–Kier alpha value is -3.90. The summed E-state index contributed by atoms with van der Waals surface area (Å²) < 4.78 is 25.9. The lowest BCUT2D eigenvalue weighted by Gasteiger charge is -2.21. The van der Waals surface area contributed by atoms with Gasteiger partial charge in [-0.2, -0.15) is 0 Å². The Labute approximate surface area is 200 Å². The molecule has 4 nitrogen and oxygen atoms in total. The van der Waals surface area contributed by atoms with Crippen LogP contribution in [0.1, 0.15) is 21.0 Å². The molecule has 6 heteroatoms. The minimum absolute atomic E-state index is 0.173. The van der Waals surface area contributed by atoms with Crippen molar-refractivity contribution in [3.8, 4) is 16.2 Å². The molecule has 0 aliphatic carbocycles. The Balaban J connectivity index is 1.49. The largest absolute Gasteiger partial charge is 0.496 e. The number of hydrogen-bond acceptors (Lipinski definition) is 4. The molecule has 5 rings (SSSR count). The van der Waals surface area contributed by atoms with Gasteiger partial charge in [-0.25, -0.2) is 4.39 Å². The number of anilines is 1. The van der Waals surface area contributed by atoms with Crippen molar-refractivity contribution < 1.29 is 18.3 Å². The summed E-state index contributed by atoms with van der Waals surface area (Å²) in [7, 11) is 1.65. The summed E-state index contributed by atoms with van der Waals surface area (Å²) in [5.74, 6) is 0.153. The Kier molecular flexibility index (Phi) is 5.90.